The molecule has 0 aliphatic carbocycles. The van der Waals surface area contributed by atoms with Crippen LogP contribution in [0.2, 0.25) is 0 Å². The minimum Gasteiger partial charge on any atom is -0.321 e. The summed E-state index contributed by atoms with van der Waals surface area (Å²) in [5.74, 6) is -0.244. The molecule has 3 nitrogen and oxygen atoms in total. The lowest BCUT2D eigenvalue weighted by Crippen LogP contribution is -2.16. The van der Waals surface area contributed by atoms with Gasteiger partial charge in [0.25, 0.3) is 5.91 Å². The van der Waals surface area contributed by atoms with Gasteiger partial charge in [0.05, 0.1) is 22.6 Å². The van der Waals surface area contributed by atoms with Gasteiger partial charge in [0.2, 0.25) is 0 Å². The number of carbonyl (C=O) groups is 1. The van der Waals surface area contributed by atoms with E-state index in [2.05, 4.69) is 10.3 Å². The summed E-state index contributed by atoms with van der Waals surface area (Å²) in [5, 5.41) is 2.91. The van der Waals surface area contributed by atoms with Crippen LogP contribution in [-0.4, -0.2) is 11.6 Å². The highest BCUT2D eigenvalue weighted by molar-refractivity contribution is 6.14. The van der Waals surface area contributed by atoms with Crippen molar-refractivity contribution in [3.63, 3.8) is 0 Å². The first-order valence-electron chi connectivity index (χ1n) is 9.07. The third-order valence-electron chi connectivity index (χ3n) is 4.90. The molecule has 1 N–H and O–H groups in total. The summed E-state index contributed by atoms with van der Waals surface area (Å²) >= 11 is 0. The second-order valence-corrected chi connectivity index (χ2v) is 6.89. The summed E-state index contributed by atoms with van der Waals surface area (Å²) in [6, 6.07) is 18.0. The number of carbonyl (C=O) groups excluding carboxylic acids is 1. The van der Waals surface area contributed by atoms with Crippen LogP contribution in [0.25, 0.3) is 0 Å². The number of alkyl halides is 3. The van der Waals surface area contributed by atoms with Gasteiger partial charge in [-0.25, -0.2) is 0 Å². The third kappa shape index (κ3) is 3.78. The Labute approximate surface area is 165 Å². The number of halogens is 3. The number of benzene rings is 3. The highest BCUT2D eigenvalue weighted by atomic mass is 19.4. The Hall–Kier alpha value is -3.41. The van der Waals surface area contributed by atoms with Crippen LogP contribution in [0.5, 0.6) is 0 Å². The van der Waals surface area contributed by atoms with Gasteiger partial charge in [0.15, 0.2) is 0 Å². The molecule has 0 aromatic heterocycles. The molecule has 0 fully saturated rings. The van der Waals surface area contributed by atoms with Crippen molar-refractivity contribution >= 4 is 23.0 Å². The van der Waals surface area contributed by atoms with Crippen LogP contribution in [0.15, 0.2) is 71.7 Å². The molecular formula is C23H17F3N2O. The minimum atomic E-state index is -4.39. The number of para-hydroxylation sites is 1. The van der Waals surface area contributed by atoms with Crippen molar-refractivity contribution in [2.75, 3.05) is 5.32 Å². The highest BCUT2D eigenvalue weighted by Gasteiger charge is 2.32. The van der Waals surface area contributed by atoms with Gasteiger partial charge in [0.1, 0.15) is 0 Å². The zero-order chi connectivity index (χ0) is 20.6. The Morgan fingerprint density at radius 3 is 2.48 bits per heavy atom. The monoisotopic (exact) mass is 394 g/mol. The molecule has 4 rings (SSSR count). The fourth-order valence-corrected chi connectivity index (χ4v) is 3.39. The summed E-state index contributed by atoms with van der Waals surface area (Å²) in [6.07, 6.45) is -4.12. The number of amides is 1. The molecule has 0 saturated carbocycles. The molecule has 1 aliphatic heterocycles. The third-order valence-corrected chi connectivity index (χ3v) is 4.90. The Balaban J connectivity index is 1.62. The predicted octanol–water partition coefficient (Wildman–Crippen LogP) is 5.94. The molecule has 146 valence electrons. The number of aryl methyl sites for hydroxylation is 1. The van der Waals surface area contributed by atoms with Gasteiger partial charge in [-0.15, -0.1) is 0 Å². The lowest BCUT2D eigenvalue weighted by atomic mass is 10.0. The fraction of sp³-hybridized carbons (Fsp3) is 0.130. The SMILES string of the molecule is Cc1ccccc1C(=O)Nc1ccccc1C1=Nc2ccc(C(F)(F)F)cc2C1. The maximum absolute atomic E-state index is 13.0. The van der Waals surface area contributed by atoms with E-state index < -0.39 is 11.7 Å². The van der Waals surface area contributed by atoms with E-state index in [0.29, 0.717) is 33.8 Å². The average Bonchev–Trinajstić information content (AvgIpc) is 3.11. The largest absolute Gasteiger partial charge is 0.416 e. The molecule has 1 heterocycles. The van der Waals surface area contributed by atoms with Crippen LogP contribution >= 0.6 is 0 Å². The zero-order valence-electron chi connectivity index (χ0n) is 15.5. The summed E-state index contributed by atoms with van der Waals surface area (Å²) in [6.45, 7) is 1.86. The van der Waals surface area contributed by atoms with E-state index in [-0.39, 0.29) is 12.3 Å². The molecule has 3 aromatic carbocycles. The second-order valence-electron chi connectivity index (χ2n) is 6.89. The lowest BCUT2D eigenvalue weighted by Gasteiger charge is -2.12. The highest BCUT2D eigenvalue weighted by Crippen LogP contribution is 2.36. The molecule has 0 saturated heterocycles. The zero-order valence-corrected chi connectivity index (χ0v) is 15.5. The normalized spacial score (nSPS) is 13.0. The maximum Gasteiger partial charge on any atom is 0.416 e. The molecular weight excluding hydrogens is 377 g/mol. The standard InChI is InChI=1S/C23H17F3N2O/c1-14-6-2-3-7-17(14)22(29)28-20-9-5-4-8-18(20)21-13-15-12-16(23(24,25)26)10-11-19(15)27-21/h2-12H,13H2,1H3,(H,28,29). The molecule has 0 unspecified atom stereocenters. The average molecular weight is 394 g/mol. The van der Waals surface area contributed by atoms with Gasteiger partial charge in [-0.1, -0.05) is 36.4 Å². The minimum absolute atomic E-state index is 0.244. The predicted molar refractivity (Wildman–Crippen MR) is 107 cm³/mol. The Morgan fingerprint density at radius 2 is 1.72 bits per heavy atom. The Morgan fingerprint density at radius 1 is 1.00 bits per heavy atom. The first-order valence-corrected chi connectivity index (χ1v) is 9.07. The molecule has 0 bridgehead atoms. The van der Waals surface area contributed by atoms with E-state index in [1.54, 1.807) is 24.3 Å². The van der Waals surface area contributed by atoms with Crippen LogP contribution in [0, 0.1) is 6.92 Å². The van der Waals surface area contributed by atoms with Crippen LogP contribution in [0.3, 0.4) is 0 Å². The number of aliphatic imine (C=N–C) groups is 1. The van der Waals surface area contributed by atoms with Crippen molar-refractivity contribution in [3.8, 4) is 0 Å². The van der Waals surface area contributed by atoms with Crippen LogP contribution < -0.4 is 5.32 Å². The first-order chi connectivity index (χ1) is 13.8. The van der Waals surface area contributed by atoms with Crippen LogP contribution in [-0.2, 0) is 12.6 Å². The molecule has 0 spiro atoms. The molecule has 1 amide bonds. The summed E-state index contributed by atoms with van der Waals surface area (Å²) < 4.78 is 39.0. The van der Waals surface area contributed by atoms with Crippen molar-refractivity contribution in [2.45, 2.75) is 19.5 Å². The molecule has 6 heteroatoms. The van der Waals surface area contributed by atoms with Gasteiger partial charge in [-0.05, 0) is 48.4 Å². The Bertz CT molecular complexity index is 1130. The van der Waals surface area contributed by atoms with E-state index in [4.69, 9.17) is 0 Å². The van der Waals surface area contributed by atoms with E-state index in [1.165, 1.54) is 6.07 Å². The summed E-state index contributed by atoms with van der Waals surface area (Å²) in [5.41, 5.74) is 3.67. The van der Waals surface area contributed by atoms with E-state index >= 15 is 0 Å². The number of nitrogens with one attached hydrogen (secondary N) is 1. The summed E-state index contributed by atoms with van der Waals surface area (Å²) in [7, 11) is 0. The second kappa shape index (κ2) is 7.20. The van der Waals surface area contributed by atoms with E-state index in [0.717, 1.165) is 17.7 Å². The number of nitrogens with zero attached hydrogens (tertiary/aromatic N) is 1. The number of hydrogen-bond acceptors (Lipinski definition) is 2. The molecule has 0 atom stereocenters. The number of anilines is 1. The first kappa shape index (κ1) is 18.9. The molecule has 29 heavy (non-hydrogen) atoms. The number of rotatable bonds is 3. The van der Waals surface area contributed by atoms with Crippen LogP contribution in [0.1, 0.15) is 32.6 Å². The maximum atomic E-state index is 13.0. The van der Waals surface area contributed by atoms with Gasteiger partial charge >= 0.3 is 6.18 Å². The number of hydrogen-bond donors (Lipinski definition) is 1. The van der Waals surface area contributed by atoms with Gasteiger partial charge < -0.3 is 5.32 Å². The smallest absolute Gasteiger partial charge is 0.321 e. The molecule has 0 radical (unpaired) electrons. The van der Waals surface area contributed by atoms with Gasteiger partial charge in [-0.2, -0.15) is 13.2 Å². The van der Waals surface area contributed by atoms with E-state index in [1.807, 2.05) is 31.2 Å². The van der Waals surface area contributed by atoms with E-state index in [9.17, 15) is 18.0 Å². The molecule has 1 aliphatic rings. The fourth-order valence-electron chi connectivity index (χ4n) is 3.39. The molecule has 3 aromatic rings. The lowest BCUT2D eigenvalue weighted by molar-refractivity contribution is -0.137. The van der Waals surface area contributed by atoms with Gasteiger partial charge in [0, 0.05) is 17.5 Å². The quantitative estimate of drug-likeness (QED) is 0.587. The van der Waals surface area contributed by atoms with Crippen molar-refractivity contribution < 1.29 is 18.0 Å². The van der Waals surface area contributed by atoms with Crippen molar-refractivity contribution in [2.24, 2.45) is 4.99 Å². The van der Waals surface area contributed by atoms with Gasteiger partial charge in [-0.3, -0.25) is 9.79 Å². The Kier molecular flexibility index (Phi) is 4.70. The van der Waals surface area contributed by atoms with Crippen molar-refractivity contribution in [1.29, 1.82) is 0 Å². The van der Waals surface area contributed by atoms with Crippen molar-refractivity contribution in [1.82, 2.24) is 0 Å². The topological polar surface area (TPSA) is 41.5 Å². The van der Waals surface area contributed by atoms with Crippen LogP contribution in [0.4, 0.5) is 24.5 Å². The number of fused-ring (bicyclic) bond motifs is 1. The summed E-state index contributed by atoms with van der Waals surface area (Å²) in [4.78, 5) is 17.2. The van der Waals surface area contributed by atoms with Crippen molar-refractivity contribution in [3.05, 3.63) is 94.5 Å².